The van der Waals surface area contributed by atoms with Crippen molar-refractivity contribution in [2.75, 3.05) is 19.3 Å². The van der Waals surface area contributed by atoms with Crippen molar-refractivity contribution in [3.63, 3.8) is 0 Å². The van der Waals surface area contributed by atoms with Gasteiger partial charge in [-0.15, -0.1) is 11.8 Å². The van der Waals surface area contributed by atoms with Crippen LogP contribution in [0.2, 0.25) is 5.02 Å². The topological polar surface area (TPSA) is 32.7 Å². The summed E-state index contributed by atoms with van der Waals surface area (Å²) < 4.78 is 0.993. The van der Waals surface area contributed by atoms with Gasteiger partial charge in [0.15, 0.2) is 5.78 Å². The lowest BCUT2D eigenvalue weighted by Crippen LogP contribution is -2.14. The van der Waals surface area contributed by atoms with Crippen molar-refractivity contribution in [2.24, 2.45) is 4.99 Å². The van der Waals surface area contributed by atoms with Crippen LogP contribution in [-0.2, 0) is 0 Å². The Labute approximate surface area is 166 Å². The molecule has 0 bridgehead atoms. The minimum atomic E-state index is 0.0568. The van der Waals surface area contributed by atoms with Gasteiger partial charge in [-0.2, -0.15) is 0 Å². The van der Waals surface area contributed by atoms with Gasteiger partial charge >= 0.3 is 0 Å². The molecular formula is C19H20BrClN2OS. The number of Topliss-reactive ketones (excluding diaryl/α,β-unsaturated/α-hetero) is 1. The number of halogens is 2. The highest BCUT2D eigenvalue weighted by Gasteiger charge is 2.13. The molecule has 0 unspecified atom stereocenters. The maximum absolute atomic E-state index is 12.6. The van der Waals surface area contributed by atoms with Gasteiger partial charge in [-0.3, -0.25) is 4.79 Å². The summed E-state index contributed by atoms with van der Waals surface area (Å²) in [5, 5.41) is 0.487. The summed E-state index contributed by atoms with van der Waals surface area (Å²) in [6.07, 6.45) is 1.74. The van der Waals surface area contributed by atoms with Gasteiger partial charge in [0.05, 0.1) is 22.8 Å². The third-order valence-corrected chi connectivity index (χ3v) is 6.01. The molecule has 0 N–H and O–H groups in total. The summed E-state index contributed by atoms with van der Waals surface area (Å²) in [5.41, 5.74) is 2.20. The summed E-state index contributed by atoms with van der Waals surface area (Å²) in [7, 11) is 1.95. The molecule has 0 aliphatic rings. The van der Waals surface area contributed by atoms with Crippen LogP contribution in [0.5, 0.6) is 0 Å². The van der Waals surface area contributed by atoms with Crippen molar-refractivity contribution in [2.45, 2.75) is 18.7 Å². The zero-order chi connectivity index (χ0) is 18.4. The number of carbonyl (C=O) groups is 1. The fourth-order valence-electron chi connectivity index (χ4n) is 2.09. The number of rotatable bonds is 7. The van der Waals surface area contributed by atoms with E-state index in [0.29, 0.717) is 22.0 Å². The quantitative estimate of drug-likeness (QED) is 0.230. The molecule has 6 heteroatoms. The van der Waals surface area contributed by atoms with E-state index in [1.807, 2.05) is 56.1 Å². The number of carbonyl (C=O) groups excluding carboxylic acids is 1. The first-order valence-corrected chi connectivity index (χ1v) is 10.0. The molecule has 0 heterocycles. The predicted molar refractivity (Wildman–Crippen MR) is 112 cm³/mol. The molecule has 0 fully saturated rings. The highest BCUT2D eigenvalue weighted by atomic mass is 79.9. The smallest absolute Gasteiger partial charge is 0.173 e. The van der Waals surface area contributed by atoms with Gasteiger partial charge in [0.25, 0.3) is 0 Å². The van der Waals surface area contributed by atoms with Gasteiger partial charge in [-0.1, -0.05) is 23.7 Å². The average molecular weight is 440 g/mol. The lowest BCUT2D eigenvalue weighted by atomic mass is 10.0. The standard InChI is InChI=1S/C19H20BrClN2OS/c1-4-23(3)12-22-17-9-13(2)14(10-16(17)21)18(24)11-25-19-8-6-5-7-15(19)20/h5-10,12H,4,11H2,1-3H3. The Morgan fingerprint density at radius 2 is 2.08 bits per heavy atom. The van der Waals surface area contributed by atoms with Gasteiger partial charge in [-0.05, 0) is 59.6 Å². The fourth-order valence-corrected chi connectivity index (χ4v) is 3.75. The van der Waals surface area contributed by atoms with E-state index < -0.39 is 0 Å². The fraction of sp³-hybridized carbons (Fsp3) is 0.263. The Bertz CT molecular complexity index is 795. The zero-order valence-corrected chi connectivity index (χ0v) is 17.6. The van der Waals surface area contributed by atoms with Crippen molar-refractivity contribution < 1.29 is 4.79 Å². The average Bonchev–Trinajstić information content (AvgIpc) is 2.60. The van der Waals surface area contributed by atoms with E-state index in [4.69, 9.17) is 11.6 Å². The summed E-state index contributed by atoms with van der Waals surface area (Å²) in [6.45, 7) is 4.82. The molecule has 0 spiro atoms. The predicted octanol–water partition coefficient (Wildman–Crippen LogP) is 6.00. The van der Waals surface area contributed by atoms with Crippen LogP contribution in [0.1, 0.15) is 22.8 Å². The maximum Gasteiger partial charge on any atom is 0.173 e. The van der Waals surface area contributed by atoms with E-state index in [9.17, 15) is 4.79 Å². The monoisotopic (exact) mass is 438 g/mol. The number of ketones is 1. The molecule has 2 aromatic rings. The highest BCUT2D eigenvalue weighted by Crippen LogP contribution is 2.31. The molecule has 0 aliphatic carbocycles. The Morgan fingerprint density at radius 1 is 1.36 bits per heavy atom. The summed E-state index contributed by atoms with van der Waals surface area (Å²) in [6, 6.07) is 11.4. The van der Waals surface area contributed by atoms with E-state index in [0.717, 1.165) is 21.5 Å². The van der Waals surface area contributed by atoms with E-state index in [-0.39, 0.29) is 5.78 Å². The van der Waals surface area contributed by atoms with Gasteiger partial charge in [0.1, 0.15) is 0 Å². The Kier molecular flexibility index (Phi) is 7.54. The first kappa shape index (κ1) is 20.0. The highest BCUT2D eigenvalue weighted by molar-refractivity contribution is 9.10. The summed E-state index contributed by atoms with van der Waals surface area (Å²) >= 11 is 11.3. The molecule has 0 aromatic heterocycles. The molecule has 2 aromatic carbocycles. The molecule has 0 saturated heterocycles. The number of hydrogen-bond donors (Lipinski definition) is 0. The molecular weight excluding hydrogens is 420 g/mol. The maximum atomic E-state index is 12.6. The molecule has 25 heavy (non-hydrogen) atoms. The molecule has 0 atom stereocenters. The van der Waals surface area contributed by atoms with Gasteiger partial charge < -0.3 is 4.90 Å². The van der Waals surface area contributed by atoms with Crippen LogP contribution in [-0.4, -0.2) is 36.4 Å². The molecule has 0 amide bonds. The molecule has 132 valence electrons. The Morgan fingerprint density at radius 3 is 2.76 bits per heavy atom. The largest absolute Gasteiger partial charge is 0.366 e. The van der Waals surface area contributed by atoms with Crippen molar-refractivity contribution in [3.05, 3.63) is 57.0 Å². The number of benzene rings is 2. The number of hydrogen-bond acceptors (Lipinski definition) is 3. The third-order valence-electron chi connectivity index (χ3n) is 3.68. The second-order valence-corrected chi connectivity index (χ2v) is 7.86. The number of nitrogens with zero attached hydrogens (tertiary/aromatic N) is 2. The van der Waals surface area contributed by atoms with Crippen LogP contribution in [0.4, 0.5) is 5.69 Å². The normalized spacial score (nSPS) is 11.1. The molecule has 0 radical (unpaired) electrons. The van der Waals surface area contributed by atoms with Crippen LogP contribution in [0.25, 0.3) is 0 Å². The van der Waals surface area contributed by atoms with Crippen molar-refractivity contribution >= 4 is 57.1 Å². The minimum Gasteiger partial charge on any atom is -0.366 e. The zero-order valence-electron chi connectivity index (χ0n) is 14.4. The molecule has 0 aliphatic heterocycles. The van der Waals surface area contributed by atoms with E-state index in [1.165, 1.54) is 11.8 Å². The third kappa shape index (κ3) is 5.59. The van der Waals surface area contributed by atoms with Crippen LogP contribution in [0.15, 0.2) is 50.8 Å². The van der Waals surface area contributed by atoms with Crippen molar-refractivity contribution in [1.82, 2.24) is 4.90 Å². The second kappa shape index (κ2) is 9.41. The van der Waals surface area contributed by atoms with Gasteiger partial charge in [-0.25, -0.2) is 4.99 Å². The molecule has 0 saturated carbocycles. The van der Waals surface area contributed by atoms with Crippen LogP contribution < -0.4 is 0 Å². The molecule has 3 nitrogen and oxygen atoms in total. The van der Waals surface area contributed by atoms with Crippen LogP contribution in [0.3, 0.4) is 0 Å². The first-order chi connectivity index (χ1) is 11.9. The summed E-state index contributed by atoms with van der Waals surface area (Å²) in [5.74, 6) is 0.419. The SMILES string of the molecule is CCN(C)C=Nc1cc(C)c(C(=O)CSc2ccccc2Br)cc1Cl. The van der Waals surface area contributed by atoms with E-state index in [2.05, 4.69) is 20.9 Å². The first-order valence-electron chi connectivity index (χ1n) is 7.87. The lowest BCUT2D eigenvalue weighted by molar-refractivity contribution is 0.102. The van der Waals surface area contributed by atoms with E-state index in [1.54, 1.807) is 12.4 Å². The van der Waals surface area contributed by atoms with Gasteiger partial charge in [0, 0.05) is 28.5 Å². The Balaban J connectivity index is 2.13. The number of thioether (sulfide) groups is 1. The summed E-state index contributed by atoms with van der Waals surface area (Å²) in [4.78, 5) is 20.0. The van der Waals surface area contributed by atoms with Gasteiger partial charge in [0.2, 0.25) is 0 Å². The minimum absolute atomic E-state index is 0.0568. The lowest BCUT2D eigenvalue weighted by Gasteiger charge is -2.11. The second-order valence-electron chi connectivity index (χ2n) is 5.58. The Hall–Kier alpha value is -1.30. The number of aliphatic imine (C=N–C) groups is 1. The number of aryl methyl sites for hydroxylation is 1. The van der Waals surface area contributed by atoms with Crippen molar-refractivity contribution in [1.29, 1.82) is 0 Å². The van der Waals surface area contributed by atoms with Crippen LogP contribution in [0, 0.1) is 6.92 Å². The van der Waals surface area contributed by atoms with Crippen molar-refractivity contribution in [3.8, 4) is 0 Å². The van der Waals surface area contributed by atoms with E-state index >= 15 is 0 Å². The van der Waals surface area contributed by atoms with Crippen LogP contribution >= 0.6 is 39.3 Å². The molecule has 2 rings (SSSR count).